The van der Waals surface area contributed by atoms with Crippen LogP contribution >= 0.6 is 12.4 Å². The number of piperazine rings is 1. The Bertz CT molecular complexity index is 538. The van der Waals surface area contributed by atoms with Gasteiger partial charge in [-0.2, -0.15) is 0 Å². The fraction of sp³-hybridized carbons (Fsp3) is 0.462. The second-order valence-electron chi connectivity index (χ2n) is 4.70. The number of methoxy groups -OCH3 is 1. The van der Waals surface area contributed by atoms with Crippen LogP contribution in [0.2, 0.25) is 0 Å². The van der Waals surface area contributed by atoms with Crippen molar-refractivity contribution in [1.29, 1.82) is 0 Å². The first-order valence-electron chi connectivity index (χ1n) is 6.38. The molecule has 1 aromatic rings. The number of amides is 1. The third-order valence-electron chi connectivity index (χ3n) is 3.39. The van der Waals surface area contributed by atoms with Crippen LogP contribution in [-0.2, 0) is 0 Å². The van der Waals surface area contributed by atoms with E-state index in [1.165, 1.54) is 25.3 Å². The first kappa shape index (κ1) is 17.2. The van der Waals surface area contributed by atoms with Crippen LogP contribution in [0.25, 0.3) is 0 Å². The van der Waals surface area contributed by atoms with Crippen molar-refractivity contribution in [3.63, 3.8) is 0 Å². The van der Waals surface area contributed by atoms with Crippen LogP contribution in [-0.4, -0.2) is 48.5 Å². The van der Waals surface area contributed by atoms with Crippen molar-refractivity contribution in [3.05, 3.63) is 33.9 Å². The van der Waals surface area contributed by atoms with Crippen LogP contribution in [0.1, 0.15) is 17.3 Å². The van der Waals surface area contributed by atoms with Gasteiger partial charge in [-0.1, -0.05) is 0 Å². The Morgan fingerprint density at radius 1 is 1.52 bits per heavy atom. The van der Waals surface area contributed by atoms with Crippen LogP contribution in [0.5, 0.6) is 5.75 Å². The van der Waals surface area contributed by atoms with Crippen molar-refractivity contribution in [2.75, 3.05) is 26.7 Å². The minimum atomic E-state index is -0.527. The van der Waals surface area contributed by atoms with Crippen molar-refractivity contribution in [2.24, 2.45) is 0 Å². The monoisotopic (exact) mass is 315 g/mol. The summed E-state index contributed by atoms with van der Waals surface area (Å²) in [6.45, 7) is 4.09. The lowest BCUT2D eigenvalue weighted by Gasteiger charge is -2.34. The second kappa shape index (κ2) is 7.24. The van der Waals surface area contributed by atoms with E-state index in [-0.39, 0.29) is 35.8 Å². The summed E-state index contributed by atoms with van der Waals surface area (Å²) in [4.78, 5) is 24.5. The lowest BCUT2D eigenvalue weighted by molar-refractivity contribution is -0.385. The van der Waals surface area contributed by atoms with Crippen molar-refractivity contribution < 1.29 is 14.5 Å². The molecule has 1 aliphatic rings. The van der Waals surface area contributed by atoms with Gasteiger partial charge in [0, 0.05) is 43.4 Å². The molecule has 2 rings (SSSR count). The molecule has 1 saturated heterocycles. The topological polar surface area (TPSA) is 84.7 Å². The Morgan fingerprint density at radius 2 is 2.24 bits per heavy atom. The summed E-state index contributed by atoms with van der Waals surface area (Å²) < 4.78 is 4.99. The minimum Gasteiger partial charge on any atom is -0.490 e. The molecule has 116 valence electrons. The van der Waals surface area contributed by atoms with Crippen LogP contribution in [0.4, 0.5) is 5.69 Å². The Hall–Kier alpha value is -1.86. The molecule has 1 amide bonds. The van der Waals surface area contributed by atoms with Crippen LogP contribution in [0, 0.1) is 10.1 Å². The van der Waals surface area contributed by atoms with Crippen molar-refractivity contribution in [2.45, 2.75) is 13.0 Å². The van der Waals surface area contributed by atoms with E-state index in [9.17, 15) is 14.9 Å². The lowest BCUT2D eigenvalue weighted by Crippen LogP contribution is -2.52. The fourth-order valence-electron chi connectivity index (χ4n) is 2.27. The summed E-state index contributed by atoms with van der Waals surface area (Å²) in [5.41, 5.74) is 0.263. The van der Waals surface area contributed by atoms with Gasteiger partial charge in [-0.15, -0.1) is 12.4 Å². The highest BCUT2D eigenvalue weighted by Gasteiger charge is 2.25. The summed E-state index contributed by atoms with van der Waals surface area (Å²) >= 11 is 0. The molecule has 1 fully saturated rings. The number of hydrogen-bond acceptors (Lipinski definition) is 5. The average Bonchev–Trinajstić information content (AvgIpc) is 2.46. The van der Waals surface area contributed by atoms with Crippen LogP contribution in [0.3, 0.4) is 0 Å². The highest BCUT2D eigenvalue weighted by molar-refractivity contribution is 5.95. The van der Waals surface area contributed by atoms with Gasteiger partial charge in [-0.3, -0.25) is 14.9 Å². The molecule has 1 aromatic carbocycles. The van der Waals surface area contributed by atoms with E-state index in [1.807, 2.05) is 6.92 Å². The van der Waals surface area contributed by atoms with Crippen LogP contribution in [0.15, 0.2) is 18.2 Å². The maximum atomic E-state index is 12.4. The zero-order valence-corrected chi connectivity index (χ0v) is 12.7. The average molecular weight is 316 g/mol. The molecule has 21 heavy (non-hydrogen) atoms. The van der Waals surface area contributed by atoms with E-state index in [0.717, 1.165) is 13.1 Å². The summed E-state index contributed by atoms with van der Waals surface area (Å²) in [5, 5.41) is 14.0. The molecule has 0 saturated carbocycles. The maximum absolute atomic E-state index is 12.4. The van der Waals surface area contributed by atoms with Gasteiger partial charge in [0.05, 0.1) is 12.0 Å². The predicted octanol–water partition coefficient (Wildman–Crippen LogP) is 1.46. The number of carbonyl (C=O) groups excluding carboxylic acids is 1. The molecular weight excluding hydrogens is 298 g/mol. The molecule has 7 nitrogen and oxygen atoms in total. The molecule has 1 aliphatic heterocycles. The summed E-state index contributed by atoms with van der Waals surface area (Å²) in [5.74, 6) is -0.0316. The summed E-state index contributed by atoms with van der Waals surface area (Å²) in [6.07, 6.45) is 0. The van der Waals surface area contributed by atoms with E-state index in [2.05, 4.69) is 5.32 Å². The second-order valence-corrected chi connectivity index (χ2v) is 4.70. The Kier molecular flexibility index (Phi) is 5.92. The molecule has 0 bridgehead atoms. The molecule has 8 heteroatoms. The minimum absolute atomic E-state index is 0. The number of ether oxygens (including phenoxy) is 1. The van der Waals surface area contributed by atoms with Gasteiger partial charge in [0.15, 0.2) is 5.75 Å². The number of nitrogens with zero attached hydrogens (tertiary/aromatic N) is 2. The molecule has 1 N–H and O–H groups in total. The Labute approximate surface area is 128 Å². The first-order valence-corrected chi connectivity index (χ1v) is 6.38. The fourth-order valence-corrected chi connectivity index (χ4v) is 2.27. The van der Waals surface area contributed by atoms with E-state index in [1.54, 1.807) is 4.90 Å². The molecule has 0 radical (unpaired) electrons. The number of hydrogen-bond donors (Lipinski definition) is 1. The van der Waals surface area contributed by atoms with E-state index >= 15 is 0 Å². The summed E-state index contributed by atoms with van der Waals surface area (Å²) in [6, 6.07) is 4.30. The molecule has 0 aromatic heterocycles. The lowest BCUT2D eigenvalue weighted by atomic mass is 10.1. The Morgan fingerprint density at radius 3 is 2.81 bits per heavy atom. The number of carbonyl (C=O) groups is 1. The molecular formula is C13H18ClN3O4. The smallest absolute Gasteiger partial charge is 0.310 e. The number of rotatable bonds is 3. The normalized spacial score (nSPS) is 17.8. The van der Waals surface area contributed by atoms with Gasteiger partial charge in [0.25, 0.3) is 5.91 Å². The Balaban J connectivity index is 0.00000220. The first-order chi connectivity index (χ1) is 9.54. The molecule has 1 heterocycles. The quantitative estimate of drug-likeness (QED) is 0.674. The predicted molar refractivity (Wildman–Crippen MR) is 80.3 cm³/mol. The highest BCUT2D eigenvalue weighted by Crippen LogP contribution is 2.28. The third-order valence-corrected chi connectivity index (χ3v) is 3.39. The van der Waals surface area contributed by atoms with E-state index in [0.29, 0.717) is 12.1 Å². The number of nitrogens with one attached hydrogen (secondary N) is 1. The molecule has 0 aliphatic carbocycles. The van der Waals surface area contributed by atoms with E-state index < -0.39 is 4.92 Å². The van der Waals surface area contributed by atoms with Crippen LogP contribution < -0.4 is 10.1 Å². The number of nitro groups is 1. The van der Waals surface area contributed by atoms with Crippen molar-refractivity contribution >= 4 is 24.0 Å². The number of benzene rings is 1. The largest absolute Gasteiger partial charge is 0.490 e. The van der Waals surface area contributed by atoms with Crippen molar-refractivity contribution in [1.82, 2.24) is 10.2 Å². The highest BCUT2D eigenvalue weighted by atomic mass is 35.5. The van der Waals surface area contributed by atoms with Crippen molar-refractivity contribution in [3.8, 4) is 5.75 Å². The maximum Gasteiger partial charge on any atom is 0.310 e. The van der Waals surface area contributed by atoms with Gasteiger partial charge < -0.3 is 15.0 Å². The van der Waals surface area contributed by atoms with Gasteiger partial charge in [0.2, 0.25) is 0 Å². The zero-order valence-electron chi connectivity index (χ0n) is 11.9. The van der Waals surface area contributed by atoms with Gasteiger partial charge in [-0.25, -0.2) is 0 Å². The van der Waals surface area contributed by atoms with E-state index in [4.69, 9.17) is 4.74 Å². The van der Waals surface area contributed by atoms with Gasteiger partial charge in [0.1, 0.15) is 0 Å². The number of nitro benzene ring substituents is 1. The molecule has 1 atom stereocenters. The summed E-state index contributed by atoms with van der Waals surface area (Å²) in [7, 11) is 1.35. The molecule has 0 spiro atoms. The zero-order chi connectivity index (χ0) is 14.7. The number of halogens is 1. The standard InChI is InChI=1S/C13H17N3O4.ClH/c1-9-8-14-5-6-15(9)13(17)10-3-4-11(16(18)19)12(7-10)20-2;/h3-4,7,9,14H,5-6,8H2,1-2H3;1H. The third kappa shape index (κ3) is 3.62. The SMILES string of the molecule is COc1cc(C(=O)N2CCNCC2C)ccc1[N+](=O)[O-].Cl. The molecule has 1 unspecified atom stereocenters. The van der Waals surface area contributed by atoms with Gasteiger partial charge in [-0.05, 0) is 13.0 Å². The van der Waals surface area contributed by atoms with Gasteiger partial charge >= 0.3 is 5.69 Å².